The van der Waals surface area contributed by atoms with Gasteiger partial charge in [0.1, 0.15) is 4.75 Å². The quantitative estimate of drug-likeness (QED) is 0.833. The van der Waals surface area contributed by atoms with Crippen LogP contribution in [0, 0.1) is 16.7 Å². The lowest BCUT2D eigenvalue weighted by molar-refractivity contribution is 0.158. The van der Waals surface area contributed by atoms with E-state index in [9.17, 15) is 9.81 Å². The number of nitrogens with one attached hydrogen (secondary N) is 1. The number of rotatable bonds is 3. The van der Waals surface area contributed by atoms with E-state index in [-0.39, 0.29) is 5.41 Å². The molecule has 23 heavy (non-hydrogen) atoms. The van der Waals surface area contributed by atoms with Crippen molar-refractivity contribution < 1.29 is 4.55 Å². The van der Waals surface area contributed by atoms with Crippen LogP contribution in [0.15, 0.2) is 18.2 Å². The fraction of sp³-hybridized carbons (Fsp3) is 0.611. The monoisotopic (exact) mass is 331 g/mol. The molecule has 2 aliphatic rings. The van der Waals surface area contributed by atoms with E-state index in [4.69, 9.17) is 5.14 Å². The highest BCUT2D eigenvalue weighted by Crippen LogP contribution is 2.55. The Kier molecular flexibility index (Phi) is 4.45. The lowest BCUT2D eigenvalue weighted by Gasteiger charge is -2.42. The standard InChI is InChI=1S/C18H25N3OS/c1-17(2,23(20)22)11-16-15-9-13(12-19)3-4-14(15)10-18(16)5-7-21-8-6-18/h3-4,9,16,21H,5-8,10-11,20H2,1-2H3. The molecule has 2 atom stereocenters. The Balaban J connectivity index is 2.01. The van der Waals surface area contributed by atoms with Crippen LogP contribution in [-0.2, 0) is 17.8 Å². The van der Waals surface area contributed by atoms with Crippen LogP contribution in [-0.4, -0.2) is 22.4 Å². The van der Waals surface area contributed by atoms with Crippen molar-refractivity contribution >= 4 is 11.4 Å². The highest BCUT2D eigenvalue weighted by atomic mass is 32.2. The van der Waals surface area contributed by atoms with Gasteiger partial charge in [-0.2, -0.15) is 10.4 Å². The predicted octanol–water partition coefficient (Wildman–Crippen LogP) is 2.36. The number of nitrogens with two attached hydrogens (primary N) is 1. The Morgan fingerprint density at radius 2 is 2.13 bits per heavy atom. The van der Waals surface area contributed by atoms with E-state index in [0.717, 1.165) is 38.8 Å². The van der Waals surface area contributed by atoms with E-state index in [1.165, 1.54) is 11.1 Å². The molecule has 1 aromatic rings. The Labute approximate surface area is 141 Å². The lowest BCUT2D eigenvalue weighted by Crippen LogP contribution is -2.44. The van der Waals surface area contributed by atoms with E-state index in [2.05, 4.69) is 17.5 Å². The second-order valence-corrected chi connectivity index (χ2v) is 9.33. The van der Waals surface area contributed by atoms with Gasteiger partial charge in [-0.25, -0.2) is 0 Å². The molecule has 1 spiro atoms. The molecule has 3 rings (SSSR count). The van der Waals surface area contributed by atoms with Gasteiger partial charge in [-0.3, -0.25) is 0 Å². The lowest BCUT2D eigenvalue weighted by atomic mass is 9.67. The van der Waals surface area contributed by atoms with Crippen molar-refractivity contribution in [1.82, 2.24) is 5.32 Å². The summed E-state index contributed by atoms with van der Waals surface area (Å²) in [6, 6.07) is 8.34. The van der Waals surface area contributed by atoms with Crippen molar-refractivity contribution in [1.29, 1.82) is 5.26 Å². The predicted molar refractivity (Wildman–Crippen MR) is 93.2 cm³/mol. The van der Waals surface area contributed by atoms with Crippen LogP contribution in [0.2, 0.25) is 0 Å². The average molecular weight is 331 g/mol. The van der Waals surface area contributed by atoms with Crippen LogP contribution in [0.1, 0.15) is 55.7 Å². The molecular formula is C18H25N3OS. The summed E-state index contributed by atoms with van der Waals surface area (Å²) in [5.41, 5.74) is 3.57. The van der Waals surface area contributed by atoms with Gasteiger partial charge in [0.05, 0.1) is 11.6 Å². The van der Waals surface area contributed by atoms with Gasteiger partial charge in [0.15, 0.2) is 0 Å². The maximum absolute atomic E-state index is 12.0. The topological polar surface area (TPSA) is 84.9 Å². The van der Waals surface area contributed by atoms with Crippen molar-refractivity contribution in [3.8, 4) is 6.07 Å². The summed E-state index contributed by atoms with van der Waals surface area (Å²) < 4.78 is 11.6. The molecule has 1 saturated heterocycles. The Morgan fingerprint density at radius 1 is 1.43 bits per heavy atom. The molecule has 2 unspecified atom stereocenters. The summed E-state index contributed by atoms with van der Waals surface area (Å²) in [5.74, 6) is 0.329. The fourth-order valence-electron chi connectivity index (χ4n) is 4.33. The summed E-state index contributed by atoms with van der Waals surface area (Å²) in [5, 5.41) is 18.5. The first-order valence-electron chi connectivity index (χ1n) is 8.28. The van der Waals surface area contributed by atoms with Crippen LogP contribution in [0.4, 0.5) is 0 Å². The number of fused-ring (bicyclic) bond motifs is 1. The van der Waals surface area contributed by atoms with E-state index < -0.39 is 16.1 Å². The van der Waals surface area contributed by atoms with Crippen molar-refractivity contribution in [3.63, 3.8) is 0 Å². The van der Waals surface area contributed by atoms with Crippen LogP contribution >= 0.6 is 0 Å². The van der Waals surface area contributed by atoms with Crippen molar-refractivity contribution in [2.45, 2.75) is 50.2 Å². The normalized spacial score (nSPS) is 24.2. The molecule has 124 valence electrons. The van der Waals surface area contributed by atoms with Crippen molar-refractivity contribution in [3.05, 3.63) is 34.9 Å². The molecule has 1 aliphatic carbocycles. The largest absolute Gasteiger partial charge is 0.598 e. The van der Waals surface area contributed by atoms with Gasteiger partial charge in [-0.05, 0) is 80.8 Å². The minimum absolute atomic E-state index is 0.221. The van der Waals surface area contributed by atoms with E-state index >= 15 is 0 Å². The number of hydrogen-bond donors (Lipinski definition) is 2. The van der Waals surface area contributed by atoms with Crippen LogP contribution in [0.3, 0.4) is 0 Å². The minimum Gasteiger partial charge on any atom is -0.598 e. The molecule has 3 N–H and O–H groups in total. The molecule has 0 aromatic heterocycles. The zero-order chi connectivity index (χ0) is 16.7. The molecule has 4 nitrogen and oxygen atoms in total. The third kappa shape index (κ3) is 3.01. The highest BCUT2D eigenvalue weighted by molar-refractivity contribution is 7.90. The first-order valence-corrected chi connectivity index (χ1v) is 9.49. The molecule has 0 saturated carbocycles. The first-order chi connectivity index (χ1) is 10.9. The number of piperidine rings is 1. The maximum atomic E-state index is 12.0. The highest BCUT2D eigenvalue weighted by Gasteiger charge is 2.49. The molecule has 5 heteroatoms. The van der Waals surface area contributed by atoms with E-state index in [0.29, 0.717) is 11.5 Å². The summed E-state index contributed by atoms with van der Waals surface area (Å²) >= 11 is -1.36. The van der Waals surface area contributed by atoms with Crippen molar-refractivity contribution in [2.24, 2.45) is 10.6 Å². The zero-order valence-electron chi connectivity index (χ0n) is 13.9. The Hall–Kier alpha value is -1.06. The maximum Gasteiger partial charge on any atom is 0.140 e. The Bertz CT molecular complexity index is 630. The fourth-order valence-corrected chi connectivity index (χ4v) is 4.66. The third-order valence-electron chi connectivity index (χ3n) is 5.77. The third-order valence-corrected chi connectivity index (χ3v) is 7.03. The number of benzene rings is 1. The molecule has 0 bridgehead atoms. The molecule has 0 radical (unpaired) electrons. The van der Waals surface area contributed by atoms with Gasteiger partial charge in [-0.15, -0.1) is 0 Å². The Morgan fingerprint density at radius 3 is 2.74 bits per heavy atom. The van der Waals surface area contributed by atoms with Gasteiger partial charge in [0.2, 0.25) is 0 Å². The molecule has 1 aliphatic heterocycles. The zero-order valence-corrected chi connectivity index (χ0v) is 14.7. The number of hydrogen-bond acceptors (Lipinski definition) is 4. The molecule has 1 fully saturated rings. The first kappa shape index (κ1) is 16.8. The summed E-state index contributed by atoms with van der Waals surface area (Å²) in [6.45, 7) is 6.04. The summed E-state index contributed by atoms with van der Waals surface area (Å²) in [7, 11) is 0. The van der Waals surface area contributed by atoms with Gasteiger partial charge in [-0.1, -0.05) is 6.07 Å². The molecule has 1 heterocycles. The number of nitrogens with zero attached hydrogens (tertiary/aromatic N) is 1. The van der Waals surface area contributed by atoms with Gasteiger partial charge >= 0.3 is 0 Å². The summed E-state index contributed by atoms with van der Waals surface area (Å²) in [6.07, 6.45) is 4.12. The van der Waals surface area contributed by atoms with Crippen LogP contribution < -0.4 is 10.5 Å². The van der Waals surface area contributed by atoms with E-state index in [1.54, 1.807) is 0 Å². The molecule has 0 amide bonds. The second kappa shape index (κ2) is 6.10. The smallest absolute Gasteiger partial charge is 0.140 e. The SMILES string of the molecule is CC(C)(CC1c2cc(C#N)ccc2CC12CCNCC2)[S+](N)[O-]. The van der Waals surface area contributed by atoms with Crippen LogP contribution in [0.5, 0.6) is 0 Å². The molecule has 1 aromatic carbocycles. The molecular weight excluding hydrogens is 306 g/mol. The summed E-state index contributed by atoms with van der Waals surface area (Å²) in [4.78, 5) is 0. The second-order valence-electron chi connectivity index (χ2n) is 7.63. The van der Waals surface area contributed by atoms with Gasteiger partial charge in [0, 0.05) is 17.8 Å². The average Bonchev–Trinajstić information content (AvgIpc) is 2.80. The van der Waals surface area contributed by atoms with Crippen molar-refractivity contribution in [2.75, 3.05) is 13.1 Å². The minimum atomic E-state index is -1.36. The van der Waals surface area contributed by atoms with Crippen LogP contribution in [0.25, 0.3) is 0 Å². The van der Waals surface area contributed by atoms with Gasteiger partial charge in [0.25, 0.3) is 0 Å². The van der Waals surface area contributed by atoms with Gasteiger partial charge < -0.3 is 9.87 Å². The number of nitriles is 1. The van der Waals surface area contributed by atoms with E-state index in [1.807, 2.05) is 26.0 Å².